The zero-order valence-corrected chi connectivity index (χ0v) is 11.7. The fourth-order valence-corrected chi connectivity index (χ4v) is 2.98. The van der Waals surface area contributed by atoms with E-state index in [-0.39, 0.29) is 16.4 Å². The minimum absolute atomic E-state index is 0.0107. The Morgan fingerprint density at radius 1 is 1.35 bits per heavy atom. The SMILES string of the molecule is Cc1nsc(Sc2nc(C(F)(F)F)ccc2C(=N)N)n1. The molecule has 2 aromatic rings. The van der Waals surface area contributed by atoms with Crippen molar-refractivity contribution in [1.82, 2.24) is 14.3 Å². The molecule has 3 N–H and O–H groups in total. The smallest absolute Gasteiger partial charge is 0.384 e. The first-order chi connectivity index (χ1) is 9.27. The Balaban J connectivity index is 2.44. The number of rotatable bonds is 3. The standard InChI is InChI=1S/C10H8F3N5S2/c1-4-16-9(20-18-4)19-8-5(7(14)15)2-3-6(17-8)10(11,12)13/h2-3H,1H3,(H3,14,15). The van der Waals surface area contributed by atoms with Gasteiger partial charge in [0.05, 0.1) is 0 Å². The van der Waals surface area contributed by atoms with Gasteiger partial charge in [0, 0.05) is 5.56 Å². The zero-order chi connectivity index (χ0) is 14.9. The van der Waals surface area contributed by atoms with Crippen molar-refractivity contribution >= 4 is 29.1 Å². The van der Waals surface area contributed by atoms with Crippen LogP contribution in [0.5, 0.6) is 0 Å². The van der Waals surface area contributed by atoms with Crippen LogP contribution >= 0.6 is 23.3 Å². The monoisotopic (exact) mass is 319 g/mol. The van der Waals surface area contributed by atoms with Gasteiger partial charge in [0.25, 0.3) is 0 Å². The van der Waals surface area contributed by atoms with E-state index >= 15 is 0 Å². The number of nitrogens with one attached hydrogen (secondary N) is 1. The molecule has 0 amide bonds. The molecule has 0 spiro atoms. The lowest BCUT2D eigenvalue weighted by atomic mass is 10.2. The summed E-state index contributed by atoms with van der Waals surface area (Å²) in [5.41, 5.74) is 4.45. The number of aromatic nitrogens is 3. The van der Waals surface area contributed by atoms with E-state index in [0.29, 0.717) is 10.2 Å². The Labute approximate surface area is 120 Å². The summed E-state index contributed by atoms with van der Waals surface area (Å²) in [6.45, 7) is 1.67. The number of nitrogens with two attached hydrogens (primary N) is 1. The summed E-state index contributed by atoms with van der Waals surface area (Å²) in [4.78, 5) is 7.56. The van der Waals surface area contributed by atoms with E-state index in [4.69, 9.17) is 11.1 Å². The van der Waals surface area contributed by atoms with Crippen molar-refractivity contribution in [3.8, 4) is 0 Å². The minimum atomic E-state index is -4.55. The van der Waals surface area contributed by atoms with Crippen LogP contribution in [-0.2, 0) is 6.18 Å². The number of hydrogen-bond acceptors (Lipinski definition) is 6. The van der Waals surface area contributed by atoms with Gasteiger partial charge in [-0.3, -0.25) is 5.41 Å². The fraction of sp³-hybridized carbons (Fsp3) is 0.200. The molecule has 0 saturated heterocycles. The van der Waals surface area contributed by atoms with Gasteiger partial charge in [-0.1, -0.05) is 0 Å². The van der Waals surface area contributed by atoms with Gasteiger partial charge < -0.3 is 5.73 Å². The number of halogens is 3. The van der Waals surface area contributed by atoms with Crippen molar-refractivity contribution in [2.24, 2.45) is 5.73 Å². The van der Waals surface area contributed by atoms with E-state index < -0.39 is 11.9 Å². The summed E-state index contributed by atoms with van der Waals surface area (Å²) < 4.78 is 42.4. The van der Waals surface area contributed by atoms with Crippen LogP contribution in [0.1, 0.15) is 17.1 Å². The Hall–Kier alpha value is -1.68. The van der Waals surface area contributed by atoms with Gasteiger partial charge in [0.1, 0.15) is 22.4 Å². The van der Waals surface area contributed by atoms with Gasteiger partial charge >= 0.3 is 6.18 Å². The number of alkyl halides is 3. The van der Waals surface area contributed by atoms with Crippen LogP contribution in [0.25, 0.3) is 0 Å². The lowest BCUT2D eigenvalue weighted by molar-refractivity contribution is -0.141. The predicted molar refractivity (Wildman–Crippen MR) is 69.0 cm³/mol. The van der Waals surface area contributed by atoms with Crippen molar-refractivity contribution < 1.29 is 13.2 Å². The summed E-state index contributed by atoms with van der Waals surface area (Å²) in [6.07, 6.45) is -4.55. The van der Waals surface area contributed by atoms with E-state index in [9.17, 15) is 13.2 Å². The van der Waals surface area contributed by atoms with E-state index in [2.05, 4.69) is 14.3 Å². The maximum atomic E-state index is 12.7. The number of hydrogen-bond donors (Lipinski definition) is 2. The van der Waals surface area contributed by atoms with Crippen LogP contribution in [-0.4, -0.2) is 20.2 Å². The highest BCUT2D eigenvalue weighted by atomic mass is 32.2. The van der Waals surface area contributed by atoms with Gasteiger partial charge in [-0.15, -0.1) is 0 Å². The topological polar surface area (TPSA) is 88.5 Å². The third kappa shape index (κ3) is 3.25. The summed E-state index contributed by atoms with van der Waals surface area (Å²) in [5.74, 6) is 0.170. The molecule has 2 heterocycles. The number of nitrogen functional groups attached to an aromatic ring is 1. The molecule has 2 rings (SSSR count). The molecule has 0 atom stereocenters. The quantitative estimate of drug-likeness (QED) is 0.671. The summed E-state index contributed by atoms with van der Waals surface area (Å²) in [7, 11) is 0. The van der Waals surface area contributed by atoms with Gasteiger partial charge in [-0.25, -0.2) is 9.97 Å². The molecular weight excluding hydrogens is 311 g/mol. The largest absolute Gasteiger partial charge is 0.433 e. The summed E-state index contributed by atoms with van der Waals surface area (Å²) in [6, 6.07) is 1.93. The molecule has 0 radical (unpaired) electrons. The van der Waals surface area contributed by atoms with E-state index in [1.807, 2.05) is 0 Å². The van der Waals surface area contributed by atoms with E-state index in [0.717, 1.165) is 35.4 Å². The maximum Gasteiger partial charge on any atom is 0.433 e. The maximum absolute atomic E-state index is 12.7. The number of nitrogens with zero attached hydrogens (tertiary/aromatic N) is 3. The second-order valence-electron chi connectivity index (χ2n) is 3.67. The van der Waals surface area contributed by atoms with Crippen LogP contribution in [0, 0.1) is 12.3 Å². The molecule has 106 valence electrons. The first-order valence-electron chi connectivity index (χ1n) is 5.18. The lowest BCUT2D eigenvalue weighted by Gasteiger charge is -2.10. The van der Waals surface area contributed by atoms with Gasteiger partial charge in [-0.2, -0.15) is 17.5 Å². The second-order valence-corrected chi connectivity index (χ2v) is 5.66. The first-order valence-corrected chi connectivity index (χ1v) is 6.77. The van der Waals surface area contributed by atoms with Crippen LogP contribution in [0.3, 0.4) is 0 Å². The highest BCUT2D eigenvalue weighted by Gasteiger charge is 2.33. The molecule has 10 heteroatoms. The fourth-order valence-electron chi connectivity index (χ4n) is 1.28. The van der Waals surface area contributed by atoms with E-state index in [1.54, 1.807) is 6.92 Å². The van der Waals surface area contributed by atoms with Crippen LogP contribution in [0.4, 0.5) is 13.2 Å². The number of amidine groups is 1. The van der Waals surface area contributed by atoms with Crippen LogP contribution in [0.2, 0.25) is 0 Å². The van der Waals surface area contributed by atoms with Gasteiger partial charge in [0.15, 0.2) is 4.34 Å². The minimum Gasteiger partial charge on any atom is -0.384 e. The average molecular weight is 319 g/mol. The van der Waals surface area contributed by atoms with Crippen LogP contribution < -0.4 is 5.73 Å². The number of aryl methyl sites for hydroxylation is 1. The van der Waals surface area contributed by atoms with Crippen molar-refractivity contribution in [3.05, 3.63) is 29.2 Å². The molecule has 0 saturated carbocycles. The summed E-state index contributed by atoms with van der Waals surface area (Å²) >= 11 is 1.95. The molecule has 20 heavy (non-hydrogen) atoms. The lowest BCUT2D eigenvalue weighted by Crippen LogP contribution is -2.16. The highest BCUT2D eigenvalue weighted by molar-refractivity contribution is 8.01. The summed E-state index contributed by atoms with van der Waals surface area (Å²) in [5, 5.41) is 7.37. The third-order valence-electron chi connectivity index (χ3n) is 2.13. The van der Waals surface area contributed by atoms with Crippen molar-refractivity contribution in [1.29, 1.82) is 5.41 Å². The average Bonchev–Trinajstić information content (AvgIpc) is 2.73. The Kier molecular flexibility index (Phi) is 3.95. The second kappa shape index (κ2) is 5.37. The molecule has 0 fully saturated rings. The van der Waals surface area contributed by atoms with Crippen LogP contribution in [0.15, 0.2) is 21.5 Å². The third-order valence-corrected chi connectivity index (χ3v) is 3.98. The molecular formula is C10H8F3N5S2. The van der Waals surface area contributed by atoms with Crippen molar-refractivity contribution in [2.45, 2.75) is 22.5 Å². The first kappa shape index (κ1) is 14.7. The zero-order valence-electron chi connectivity index (χ0n) is 10.0. The van der Waals surface area contributed by atoms with Crippen molar-refractivity contribution in [3.63, 3.8) is 0 Å². The molecule has 0 unspecified atom stereocenters. The highest BCUT2D eigenvalue weighted by Crippen LogP contribution is 2.34. The van der Waals surface area contributed by atoms with Crippen molar-refractivity contribution in [2.75, 3.05) is 0 Å². The molecule has 2 aromatic heterocycles. The molecule has 0 aliphatic rings. The molecule has 0 aliphatic carbocycles. The Morgan fingerprint density at radius 2 is 2.05 bits per heavy atom. The molecule has 0 bridgehead atoms. The van der Waals surface area contributed by atoms with E-state index in [1.165, 1.54) is 0 Å². The number of pyridine rings is 1. The Bertz CT molecular complexity index is 653. The normalized spacial score (nSPS) is 11.6. The van der Waals surface area contributed by atoms with Gasteiger partial charge in [-0.05, 0) is 42.4 Å². The molecule has 0 aromatic carbocycles. The molecule has 0 aliphatic heterocycles. The molecule has 5 nitrogen and oxygen atoms in total. The predicted octanol–water partition coefficient (Wildman–Crippen LogP) is 2.70. The Morgan fingerprint density at radius 3 is 2.55 bits per heavy atom. The van der Waals surface area contributed by atoms with Gasteiger partial charge in [0.2, 0.25) is 0 Å².